The Morgan fingerprint density at radius 3 is 2.93 bits per heavy atom. The molecule has 1 aromatic rings. The number of benzene rings is 1. The third-order valence-corrected chi connectivity index (χ3v) is 1.64. The molecule has 0 unspecified atom stereocenters. The minimum absolute atomic E-state index is 0.158. The zero-order chi connectivity index (χ0) is 11.3. The summed E-state index contributed by atoms with van der Waals surface area (Å²) in [6.07, 6.45) is 1.54. The number of nitro groups is 1. The first-order valence-corrected chi connectivity index (χ1v) is 4.17. The molecular formula is C10H10NO4. The molecule has 1 aromatic carbocycles. The lowest BCUT2D eigenvalue weighted by atomic mass is 10.3. The van der Waals surface area contributed by atoms with E-state index >= 15 is 0 Å². The second kappa shape index (κ2) is 4.99. The number of ether oxygens (including phenoxy) is 2. The topological polar surface area (TPSA) is 61.6 Å². The van der Waals surface area contributed by atoms with Crippen LogP contribution in [0.1, 0.15) is 0 Å². The van der Waals surface area contributed by atoms with E-state index in [2.05, 4.69) is 12.6 Å². The highest BCUT2D eigenvalue weighted by Gasteiger charge is 2.12. The van der Waals surface area contributed by atoms with Gasteiger partial charge in [0.05, 0.1) is 24.2 Å². The van der Waals surface area contributed by atoms with Crippen molar-refractivity contribution in [2.45, 2.75) is 0 Å². The number of non-ortho nitro benzene ring substituents is 1. The quantitative estimate of drug-likeness (QED) is 0.421. The van der Waals surface area contributed by atoms with Gasteiger partial charge < -0.3 is 9.47 Å². The molecule has 0 spiro atoms. The molecule has 1 rings (SSSR count). The fourth-order valence-corrected chi connectivity index (χ4v) is 0.974. The molecule has 1 radical (unpaired) electrons. The lowest BCUT2D eigenvalue weighted by molar-refractivity contribution is -0.385. The van der Waals surface area contributed by atoms with Crippen molar-refractivity contribution in [3.63, 3.8) is 0 Å². The van der Waals surface area contributed by atoms with E-state index in [1.807, 2.05) is 0 Å². The average Bonchev–Trinajstić information content (AvgIpc) is 2.25. The lowest BCUT2D eigenvalue weighted by Crippen LogP contribution is -1.97. The third-order valence-electron chi connectivity index (χ3n) is 1.64. The molecule has 0 aliphatic rings. The average molecular weight is 208 g/mol. The Bertz CT molecular complexity index is 376. The molecule has 15 heavy (non-hydrogen) atoms. The fourth-order valence-electron chi connectivity index (χ4n) is 0.974. The van der Waals surface area contributed by atoms with Gasteiger partial charge in [-0.2, -0.15) is 0 Å². The van der Waals surface area contributed by atoms with Crippen molar-refractivity contribution in [1.82, 2.24) is 0 Å². The number of hydrogen-bond donors (Lipinski definition) is 0. The summed E-state index contributed by atoms with van der Waals surface area (Å²) in [5.41, 5.74) is -0.158. The summed E-state index contributed by atoms with van der Waals surface area (Å²) < 4.78 is 10.2. The van der Waals surface area contributed by atoms with Crippen LogP contribution in [-0.4, -0.2) is 18.6 Å². The SMILES string of the molecule is C=CCOc1cc([N+](=O)[O-])[c]cc1OC. The van der Waals surface area contributed by atoms with Crippen molar-refractivity contribution in [3.8, 4) is 11.5 Å². The van der Waals surface area contributed by atoms with Crippen molar-refractivity contribution in [3.05, 3.63) is 41.0 Å². The second-order valence-corrected chi connectivity index (χ2v) is 2.61. The number of methoxy groups -OCH3 is 1. The monoisotopic (exact) mass is 208 g/mol. The predicted molar refractivity (Wildman–Crippen MR) is 54.2 cm³/mol. The summed E-state index contributed by atoms with van der Waals surface area (Å²) in [5, 5.41) is 10.5. The highest BCUT2D eigenvalue weighted by molar-refractivity contribution is 5.47. The van der Waals surface area contributed by atoms with Crippen molar-refractivity contribution in [1.29, 1.82) is 0 Å². The Morgan fingerprint density at radius 2 is 2.40 bits per heavy atom. The van der Waals surface area contributed by atoms with Crippen LogP contribution in [0.3, 0.4) is 0 Å². The van der Waals surface area contributed by atoms with E-state index < -0.39 is 4.92 Å². The van der Waals surface area contributed by atoms with Gasteiger partial charge in [-0.15, -0.1) is 0 Å². The van der Waals surface area contributed by atoms with Gasteiger partial charge in [-0.25, -0.2) is 0 Å². The van der Waals surface area contributed by atoms with Crippen LogP contribution < -0.4 is 9.47 Å². The summed E-state index contributed by atoms with van der Waals surface area (Å²) in [5.74, 6) is 0.713. The molecule has 0 fully saturated rings. The van der Waals surface area contributed by atoms with E-state index in [0.29, 0.717) is 11.5 Å². The smallest absolute Gasteiger partial charge is 0.281 e. The molecule has 0 atom stereocenters. The molecule has 0 saturated carbocycles. The van der Waals surface area contributed by atoms with E-state index in [9.17, 15) is 10.1 Å². The minimum atomic E-state index is -0.541. The first-order valence-electron chi connectivity index (χ1n) is 4.17. The molecule has 0 N–H and O–H groups in total. The van der Waals surface area contributed by atoms with E-state index in [1.54, 1.807) is 6.08 Å². The van der Waals surface area contributed by atoms with E-state index in [-0.39, 0.29) is 12.3 Å². The Balaban J connectivity index is 3.01. The molecule has 0 amide bonds. The van der Waals surface area contributed by atoms with Crippen LogP contribution in [0.4, 0.5) is 5.69 Å². The highest BCUT2D eigenvalue weighted by Crippen LogP contribution is 2.30. The number of nitrogens with zero attached hydrogens (tertiary/aromatic N) is 1. The van der Waals surface area contributed by atoms with Crippen LogP contribution >= 0.6 is 0 Å². The highest BCUT2D eigenvalue weighted by atomic mass is 16.6. The van der Waals surface area contributed by atoms with Crippen LogP contribution in [0.5, 0.6) is 11.5 Å². The summed E-state index contributed by atoms with van der Waals surface area (Å²) in [6.45, 7) is 3.74. The van der Waals surface area contributed by atoms with Crippen molar-refractivity contribution in [2.75, 3.05) is 13.7 Å². The van der Waals surface area contributed by atoms with Crippen molar-refractivity contribution < 1.29 is 14.4 Å². The summed E-state index contributed by atoms with van der Waals surface area (Å²) in [6, 6.07) is 5.11. The molecule has 5 nitrogen and oxygen atoms in total. The van der Waals surface area contributed by atoms with Crippen LogP contribution in [0.25, 0.3) is 0 Å². The fraction of sp³-hybridized carbons (Fsp3) is 0.200. The Kier molecular flexibility index (Phi) is 3.68. The summed E-state index contributed by atoms with van der Waals surface area (Å²) in [4.78, 5) is 9.94. The van der Waals surface area contributed by atoms with Gasteiger partial charge in [0.2, 0.25) is 0 Å². The zero-order valence-electron chi connectivity index (χ0n) is 8.23. The third kappa shape index (κ3) is 2.70. The molecule has 5 heteroatoms. The Hall–Kier alpha value is -2.04. The molecule has 79 valence electrons. The Morgan fingerprint density at radius 1 is 1.67 bits per heavy atom. The van der Waals surface area contributed by atoms with Crippen LogP contribution in [0, 0.1) is 16.2 Å². The molecule has 0 aliphatic heterocycles. The second-order valence-electron chi connectivity index (χ2n) is 2.61. The molecule has 0 aromatic heterocycles. The molecule has 0 saturated heterocycles. The van der Waals surface area contributed by atoms with Gasteiger partial charge in [0.25, 0.3) is 5.69 Å². The number of hydrogen-bond acceptors (Lipinski definition) is 4. The minimum Gasteiger partial charge on any atom is -0.493 e. The first kappa shape index (κ1) is 11.0. The maximum atomic E-state index is 10.5. The number of nitro benzene ring substituents is 1. The molecule has 0 bridgehead atoms. The predicted octanol–water partition coefficient (Wildman–Crippen LogP) is 1.97. The van der Waals surface area contributed by atoms with Gasteiger partial charge >= 0.3 is 0 Å². The standard InChI is InChI=1S/C10H10NO4/c1-3-6-15-10-7-8(11(12)13)4-5-9(10)14-2/h3,5,7H,1,6H2,2H3. The van der Waals surface area contributed by atoms with E-state index in [0.717, 1.165) is 0 Å². The van der Waals surface area contributed by atoms with Crippen LogP contribution in [0.2, 0.25) is 0 Å². The van der Waals surface area contributed by atoms with Gasteiger partial charge in [-0.05, 0) is 6.07 Å². The van der Waals surface area contributed by atoms with Crippen molar-refractivity contribution in [2.24, 2.45) is 0 Å². The van der Waals surface area contributed by atoms with Crippen molar-refractivity contribution >= 4 is 5.69 Å². The molecular weight excluding hydrogens is 198 g/mol. The van der Waals surface area contributed by atoms with Crippen LogP contribution in [-0.2, 0) is 0 Å². The molecule has 0 heterocycles. The summed E-state index contributed by atoms with van der Waals surface area (Å²) in [7, 11) is 1.45. The summed E-state index contributed by atoms with van der Waals surface area (Å²) >= 11 is 0. The first-order chi connectivity index (χ1) is 7.19. The maximum Gasteiger partial charge on any atom is 0.281 e. The van der Waals surface area contributed by atoms with Gasteiger partial charge in [0, 0.05) is 0 Å². The molecule has 0 aliphatic carbocycles. The van der Waals surface area contributed by atoms with Gasteiger partial charge in [-0.1, -0.05) is 12.7 Å². The maximum absolute atomic E-state index is 10.5. The Labute approximate surface area is 87.1 Å². The van der Waals surface area contributed by atoms with Gasteiger partial charge in [-0.3, -0.25) is 10.1 Å². The lowest BCUT2D eigenvalue weighted by Gasteiger charge is -2.07. The van der Waals surface area contributed by atoms with E-state index in [1.165, 1.54) is 19.2 Å². The zero-order valence-corrected chi connectivity index (χ0v) is 8.23. The van der Waals surface area contributed by atoms with Gasteiger partial charge in [0.15, 0.2) is 11.5 Å². The largest absolute Gasteiger partial charge is 0.493 e. The van der Waals surface area contributed by atoms with Crippen LogP contribution in [0.15, 0.2) is 24.8 Å². The van der Waals surface area contributed by atoms with E-state index in [4.69, 9.17) is 9.47 Å². The van der Waals surface area contributed by atoms with Gasteiger partial charge in [0.1, 0.15) is 6.61 Å². The normalized spacial score (nSPS) is 9.40. The number of rotatable bonds is 5.